The lowest BCUT2D eigenvalue weighted by Gasteiger charge is -2.24. The average Bonchev–Trinajstić information content (AvgIpc) is 3.47. The highest BCUT2D eigenvalue weighted by Crippen LogP contribution is 2.26. The molecule has 0 radical (unpaired) electrons. The minimum Gasteiger partial charge on any atom is -0.496 e. The molecule has 1 aromatic carbocycles. The molecule has 1 aliphatic heterocycles. The van der Waals surface area contributed by atoms with Crippen molar-refractivity contribution in [2.45, 2.75) is 51.6 Å². The number of hydrogen-bond acceptors (Lipinski definition) is 6. The van der Waals surface area contributed by atoms with E-state index in [1.807, 2.05) is 26.0 Å². The van der Waals surface area contributed by atoms with Crippen molar-refractivity contribution in [1.82, 2.24) is 20.9 Å². The SMILES string of the molecule is COCC(=O)C(C[C@@H]1CCNC1=O)NC(=O)[C@H](CCC(C)C)NC(=O)c1cc2c(OC)cccc2[nH]1. The Morgan fingerprint density at radius 3 is 2.53 bits per heavy atom. The van der Waals surface area contributed by atoms with Gasteiger partial charge >= 0.3 is 0 Å². The Labute approximate surface area is 210 Å². The first-order chi connectivity index (χ1) is 17.2. The van der Waals surface area contributed by atoms with Gasteiger partial charge in [-0.1, -0.05) is 19.9 Å². The highest BCUT2D eigenvalue weighted by molar-refractivity contribution is 6.02. The quantitative estimate of drug-likeness (QED) is 0.332. The largest absolute Gasteiger partial charge is 0.496 e. The van der Waals surface area contributed by atoms with Crippen LogP contribution < -0.4 is 20.7 Å². The van der Waals surface area contributed by atoms with Gasteiger partial charge in [-0.05, 0) is 49.8 Å². The summed E-state index contributed by atoms with van der Waals surface area (Å²) in [5.41, 5.74) is 1.04. The van der Waals surface area contributed by atoms with Gasteiger partial charge in [0, 0.05) is 30.5 Å². The van der Waals surface area contributed by atoms with Crippen LogP contribution in [0.2, 0.25) is 0 Å². The molecule has 1 unspecified atom stereocenters. The van der Waals surface area contributed by atoms with Gasteiger partial charge in [0.1, 0.15) is 24.1 Å². The minimum absolute atomic E-state index is 0.127. The maximum absolute atomic E-state index is 13.3. The molecular weight excluding hydrogens is 464 g/mol. The van der Waals surface area contributed by atoms with Gasteiger partial charge < -0.3 is 30.4 Å². The number of methoxy groups -OCH3 is 2. The first-order valence-electron chi connectivity index (χ1n) is 12.3. The van der Waals surface area contributed by atoms with Crippen LogP contribution in [0.1, 0.15) is 50.0 Å². The lowest BCUT2D eigenvalue weighted by Crippen LogP contribution is -2.53. The zero-order valence-corrected chi connectivity index (χ0v) is 21.3. The van der Waals surface area contributed by atoms with Crippen LogP contribution in [0.4, 0.5) is 0 Å². The Balaban J connectivity index is 1.77. The van der Waals surface area contributed by atoms with Crippen molar-refractivity contribution in [2.75, 3.05) is 27.4 Å². The smallest absolute Gasteiger partial charge is 0.268 e. The molecule has 1 saturated heterocycles. The van der Waals surface area contributed by atoms with Gasteiger partial charge in [0.25, 0.3) is 5.91 Å². The molecule has 0 bridgehead atoms. The number of carbonyl (C=O) groups is 4. The molecule has 36 heavy (non-hydrogen) atoms. The molecule has 196 valence electrons. The summed E-state index contributed by atoms with van der Waals surface area (Å²) in [5, 5.41) is 9.11. The van der Waals surface area contributed by atoms with E-state index in [0.717, 1.165) is 10.9 Å². The second-order valence-electron chi connectivity index (χ2n) is 9.57. The van der Waals surface area contributed by atoms with Gasteiger partial charge in [-0.3, -0.25) is 19.2 Å². The van der Waals surface area contributed by atoms with Crippen molar-refractivity contribution in [1.29, 1.82) is 0 Å². The number of H-pyrrole nitrogens is 1. The molecular formula is C26H36N4O6. The van der Waals surface area contributed by atoms with Gasteiger partial charge in [0.2, 0.25) is 11.8 Å². The molecule has 10 nitrogen and oxygen atoms in total. The van der Waals surface area contributed by atoms with E-state index in [2.05, 4.69) is 20.9 Å². The van der Waals surface area contributed by atoms with Gasteiger partial charge in [0.05, 0.1) is 13.2 Å². The van der Waals surface area contributed by atoms with Crippen LogP contribution in [0.3, 0.4) is 0 Å². The molecule has 2 heterocycles. The fraction of sp³-hybridized carbons (Fsp3) is 0.538. The molecule has 1 aliphatic rings. The minimum atomic E-state index is -0.887. The number of hydrogen-bond donors (Lipinski definition) is 4. The molecule has 0 saturated carbocycles. The van der Waals surface area contributed by atoms with Crippen LogP contribution >= 0.6 is 0 Å². The van der Waals surface area contributed by atoms with Gasteiger partial charge in [0.15, 0.2) is 5.78 Å². The van der Waals surface area contributed by atoms with E-state index in [9.17, 15) is 19.2 Å². The van der Waals surface area contributed by atoms with Gasteiger partial charge in [-0.15, -0.1) is 0 Å². The highest BCUT2D eigenvalue weighted by Gasteiger charge is 2.33. The maximum Gasteiger partial charge on any atom is 0.268 e. The Bertz CT molecular complexity index is 1100. The molecule has 10 heteroatoms. The molecule has 2 aromatic rings. The van der Waals surface area contributed by atoms with Gasteiger partial charge in [-0.2, -0.15) is 0 Å². The predicted octanol–water partition coefficient (Wildman–Crippen LogP) is 1.94. The molecule has 0 aliphatic carbocycles. The molecule has 1 fully saturated rings. The van der Waals surface area contributed by atoms with E-state index >= 15 is 0 Å². The third kappa shape index (κ3) is 6.84. The molecule has 1 aromatic heterocycles. The van der Waals surface area contributed by atoms with Crippen LogP contribution in [-0.2, 0) is 19.1 Å². The number of amides is 3. The lowest BCUT2D eigenvalue weighted by molar-refractivity contribution is -0.132. The number of aromatic nitrogens is 1. The number of ether oxygens (including phenoxy) is 2. The third-order valence-electron chi connectivity index (χ3n) is 6.42. The molecule has 0 spiro atoms. The standard InChI is InChI=1S/C26H36N4O6/c1-15(2)8-9-19(29-26(34)21-13-17-18(28-21)6-5-7-23(17)36-4)25(33)30-20(22(31)14-35-3)12-16-10-11-27-24(16)32/h5-7,13,15-16,19-20,28H,8-12,14H2,1-4H3,(H,27,32)(H,29,34)(H,30,33)/t16-,19-,20?/m0/s1. The highest BCUT2D eigenvalue weighted by atomic mass is 16.5. The molecule has 4 N–H and O–H groups in total. The Morgan fingerprint density at radius 2 is 1.89 bits per heavy atom. The van der Waals surface area contributed by atoms with Gasteiger partial charge in [-0.25, -0.2) is 0 Å². The van der Waals surface area contributed by atoms with Crippen molar-refractivity contribution in [3.63, 3.8) is 0 Å². The van der Waals surface area contributed by atoms with Crippen molar-refractivity contribution in [3.05, 3.63) is 30.0 Å². The van der Waals surface area contributed by atoms with E-state index in [-0.39, 0.29) is 30.6 Å². The monoisotopic (exact) mass is 500 g/mol. The number of Topliss-reactive ketones (excluding diaryl/α,β-unsaturated/α-hetero) is 1. The summed E-state index contributed by atoms with van der Waals surface area (Å²) in [6.07, 6.45) is 1.88. The van der Waals surface area contributed by atoms with E-state index < -0.39 is 23.9 Å². The van der Waals surface area contributed by atoms with Crippen LogP contribution in [0.5, 0.6) is 5.75 Å². The number of benzene rings is 1. The summed E-state index contributed by atoms with van der Waals surface area (Å²) in [5.74, 6) is -0.769. The summed E-state index contributed by atoms with van der Waals surface area (Å²) in [4.78, 5) is 54.3. The van der Waals surface area contributed by atoms with Crippen molar-refractivity contribution < 1.29 is 28.7 Å². The van der Waals surface area contributed by atoms with Crippen LogP contribution in [0, 0.1) is 11.8 Å². The topological polar surface area (TPSA) is 139 Å². The molecule has 3 atom stereocenters. The van der Waals surface area contributed by atoms with E-state index in [1.165, 1.54) is 7.11 Å². The Morgan fingerprint density at radius 1 is 1.11 bits per heavy atom. The van der Waals surface area contributed by atoms with Crippen LogP contribution in [-0.4, -0.2) is 67.9 Å². The maximum atomic E-state index is 13.3. The number of rotatable bonds is 13. The summed E-state index contributed by atoms with van der Waals surface area (Å²) in [7, 11) is 2.96. The zero-order chi connectivity index (χ0) is 26.2. The normalized spacial score (nSPS) is 17.0. The van der Waals surface area contributed by atoms with E-state index in [1.54, 1.807) is 19.2 Å². The van der Waals surface area contributed by atoms with Crippen LogP contribution in [0.15, 0.2) is 24.3 Å². The zero-order valence-electron chi connectivity index (χ0n) is 21.3. The first-order valence-corrected chi connectivity index (χ1v) is 12.3. The van der Waals surface area contributed by atoms with E-state index in [0.29, 0.717) is 43.2 Å². The third-order valence-corrected chi connectivity index (χ3v) is 6.42. The molecule has 3 amide bonds. The Hall–Kier alpha value is -3.40. The lowest BCUT2D eigenvalue weighted by atomic mass is 9.95. The number of fused-ring (bicyclic) bond motifs is 1. The summed E-state index contributed by atoms with van der Waals surface area (Å²) < 4.78 is 10.3. The summed E-state index contributed by atoms with van der Waals surface area (Å²) in [6.45, 7) is 4.43. The number of ketones is 1. The fourth-order valence-electron chi connectivity index (χ4n) is 4.37. The fourth-order valence-corrected chi connectivity index (χ4v) is 4.37. The summed E-state index contributed by atoms with van der Waals surface area (Å²) in [6, 6.07) is 5.40. The second kappa shape index (κ2) is 12.5. The summed E-state index contributed by atoms with van der Waals surface area (Å²) >= 11 is 0. The average molecular weight is 501 g/mol. The first kappa shape index (κ1) is 27.2. The van der Waals surface area contributed by atoms with Crippen molar-refractivity contribution in [2.24, 2.45) is 11.8 Å². The number of aromatic amines is 1. The predicted molar refractivity (Wildman–Crippen MR) is 135 cm³/mol. The van der Waals surface area contributed by atoms with E-state index in [4.69, 9.17) is 9.47 Å². The Kier molecular flexibility index (Phi) is 9.46. The van der Waals surface area contributed by atoms with Crippen molar-refractivity contribution >= 4 is 34.4 Å². The number of carbonyl (C=O) groups excluding carboxylic acids is 4. The second-order valence-corrected chi connectivity index (χ2v) is 9.57. The van der Waals surface area contributed by atoms with Crippen LogP contribution in [0.25, 0.3) is 10.9 Å². The van der Waals surface area contributed by atoms with Crippen molar-refractivity contribution in [3.8, 4) is 5.75 Å². The number of nitrogens with one attached hydrogen (secondary N) is 4. The molecule has 3 rings (SSSR count).